The molecule has 3 aromatic heterocycles. The minimum Gasteiger partial charge on any atom is -0.443 e. The Kier molecular flexibility index (Phi) is 5.97. The molecule has 3 heterocycles. The largest absolute Gasteiger partial charge is 0.490 e. The molecule has 0 fully saturated rings. The summed E-state index contributed by atoms with van der Waals surface area (Å²) in [5, 5.41) is 6.68. The normalized spacial score (nSPS) is 11.9. The number of fused-ring (bicyclic) bond motifs is 1. The predicted octanol–water partition coefficient (Wildman–Crippen LogP) is 4.42. The van der Waals surface area contributed by atoms with E-state index < -0.39 is 29.5 Å². The number of amides is 1. The Morgan fingerprint density at radius 3 is 2.40 bits per heavy atom. The molecule has 0 saturated heterocycles. The highest BCUT2D eigenvalue weighted by molar-refractivity contribution is 5.98. The van der Waals surface area contributed by atoms with Gasteiger partial charge in [0.1, 0.15) is 17.3 Å². The van der Waals surface area contributed by atoms with Crippen LogP contribution in [0.15, 0.2) is 60.9 Å². The summed E-state index contributed by atoms with van der Waals surface area (Å²) in [4.78, 5) is 32.4. The number of pyridine rings is 1. The number of alkyl halides is 3. The molecule has 0 saturated carbocycles. The molecule has 1 amide bonds. The van der Waals surface area contributed by atoms with Gasteiger partial charge in [0.05, 0.1) is 5.69 Å². The number of anilines is 1. The van der Waals surface area contributed by atoms with Crippen molar-refractivity contribution in [2.75, 3.05) is 5.32 Å². The summed E-state index contributed by atoms with van der Waals surface area (Å²) in [7, 11) is 0. The van der Waals surface area contributed by atoms with Gasteiger partial charge in [-0.2, -0.15) is 18.3 Å². The van der Waals surface area contributed by atoms with Gasteiger partial charge in [0.25, 0.3) is 5.91 Å². The first-order valence-corrected chi connectivity index (χ1v) is 10.1. The van der Waals surface area contributed by atoms with Gasteiger partial charge in [-0.1, -0.05) is 0 Å². The van der Waals surface area contributed by atoms with Gasteiger partial charge in [0.15, 0.2) is 11.2 Å². The molecule has 0 spiro atoms. The standard InChI is InChI=1S/C23H17F4N5O3/c1-22(2,35-21(34)23(25,26)27)20(33)30-16-12-14(9-11-28-16)19-18(13-5-7-15(24)8-6-13)31-17-4-3-10-29-32(17)19/h3-12H,1-2H3,(H,28,30,33). The quantitative estimate of drug-likeness (QED) is 0.331. The third-order valence-corrected chi connectivity index (χ3v) is 4.91. The maximum absolute atomic E-state index is 13.5. The molecule has 0 bridgehead atoms. The van der Waals surface area contributed by atoms with Crippen LogP contribution in [0.25, 0.3) is 28.2 Å². The second kappa shape index (κ2) is 8.78. The Balaban J connectivity index is 1.70. The fourth-order valence-electron chi connectivity index (χ4n) is 3.21. The smallest absolute Gasteiger partial charge is 0.443 e. The van der Waals surface area contributed by atoms with Crippen LogP contribution in [-0.2, 0) is 14.3 Å². The van der Waals surface area contributed by atoms with Crippen LogP contribution in [-0.4, -0.2) is 43.2 Å². The van der Waals surface area contributed by atoms with E-state index >= 15 is 0 Å². The number of imidazole rings is 1. The second-order valence-corrected chi connectivity index (χ2v) is 7.89. The third-order valence-electron chi connectivity index (χ3n) is 4.91. The average Bonchev–Trinajstić information content (AvgIpc) is 3.18. The molecule has 0 radical (unpaired) electrons. The van der Waals surface area contributed by atoms with Crippen LogP contribution >= 0.6 is 0 Å². The van der Waals surface area contributed by atoms with Gasteiger partial charge in [-0.3, -0.25) is 4.79 Å². The summed E-state index contributed by atoms with van der Waals surface area (Å²) in [5.41, 5.74) is 0.471. The number of nitrogens with zero attached hydrogens (tertiary/aromatic N) is 4. The lowest BCUT2D eigenvalue weighted by Gasteiger charge is -2.24. The molecule has 0 unspecified atom stereocenters. The molecule has 0 aliphatic carbocycles. The number of aromatic nitrogens is 4. The van der Waals surface area contributed by atoms with Gasteiger partial charge < -0.3 is 10.1 Å². The number of hydrogen-bond acceptors (Lipinski definition) is 6. The van der Waals surface area contributed by atoms with Crippen LogP contribution in [0.4, 0.5) is 23.4 Å². The van der Waals surface area contributed by atoms with E-state index in [0.29, 0.717) is 28.2 Å². The summed E-state index contributed by atoms with van der Waals surface area (Å²) in [6, 6.07) is 12.2. The van der Waals surface area contributed by atoms with E-state index in [9.17, 15) is 27.2 Å². The van der Waals surface area contributed by atoms with Crippen molar-refractivity contribution >= 4 is 23.3 Å². The van der Waals surface area contributed by atoms with E-state index in [4.69, 9.17) is 0 Å². The average molecular weight is 487 g/mol. The van der Waals surface area contributed by atoms with Crippen molar-refractivity contribution in [1.82, 2.24) is 19.6 Å². The number of esters is 1. The monoisotopic (exact) mass is 487 g/mol. The van der Waals surface area contributed by atoms with Crippen LogP contribution in [0.3, 0.4) is 0 Å². The van der Waals surface area contributed by atoms with Crippen molar-refractivity contribution in [3.63, 3.8) is 0 Å². The molecule has 1 aromatic carbocycles. The lowest BCUT2D eigenvalue weighted by atomic mass is 10.1. The van der Waals surface area contributed by atoms with E-state index in [1.165, 1.54) is 24.4 Å². The number of rotatable bonds is 5. The van der Waals surface area contributed by atoms with Gasteiger partial charge in [0.2, 0.25) is 0 Å². The lowest BCUT2D eigenvalue weighted by Crippen LogP contribution is -2.44. The topological polar surface area (TPSA) is 98.5 Å². The zero-order valence-electron chi connectivity index (χ0n) is 18.3. The first-order valence-electron chi connectivity index (χ1n) is 10.1. The molecule has 4 rings (SSSR count). The van der Waals surface area contributed by atoms with Crippen molar-refractivity contribution in [3.8, 4) is 22.5 Å². The van der Waals surface area contributed by atoms with Crippen LogP contribution < -0.4 is 5.32 Å². The summed E-state index contributed by atoms with van der Waals surface area (Å²) in [6.07, 6.45) is -2.33. The Labute approximate surface area is 195 Å². The molecule has 4 aromatic rings. The number of nitrogens with one attached hydrogen (secondary N) is 1. The molecule has 12 heteroatoms. The van der Waals surface area contributed by atoms with E-state index in [1.54, 1.807) is 41.0 Å². The zero-order chi connectivity index (χ0) is 25.4. The van der Waals surface area contributed by atoms with E-state index in [2.05, 4.69) is 25.1 Å². The first kappa shape index (κ1) is 23.8. The van der Waals surface area contributed by atoms with Gasteiger partial charge in [0, 0.05) is 23.5 Å². The van der Waals surface area contributed by atoms with Crippen LogP contribution in [0.5, 0.6) is 0 Å². The first-order chi connectivity index (χ1) is 16.5. The predicted molar refractivity (Wildman–Crippen MR) is 116 cm³/mol. The summed E-state index contributed by atoms with van der Waals surface area (Å²) >= 11 is 0. The molecule has 0 atom stereocenters. The maximum atomic E-state index is 13.5. The molecule has 35 heavy (non-hydrogen) atoms. The summed E-state index contributed by atoms with van der Waals surface area (Å²) in [5.74, 6) is -3.94. The molecule has 8 nitrogen and oxygen atoms in total. The molecule has 0 aliphatic rings. The van der Waals surface area contributed by atoms with E-state index in [1.807, 2.05) is 0 Å². The Morgan fingerprint density at radius 2 is 1.71 bits per heavy atom. The van der Waals surface area contributed by atoms with Gasteiger partial charge in [-0.15, -0.1) is 0 Å². The van der Waals surface area contributed by atoms with Crippen molar-refractivity contribution in [2.45, 2.75) is 25.6 Å². The minimum absolute atomic E-state index is 0.0143. The number of carbonyl (C=O) groups excluding carboxylic acids is 2. The molecule has 0 aliphatic heterocycles. The zero-order valence-corrected chi connectivity index (χ0v) is 18.3. The SMILES string of the molecule is CC(C)(OC(=O)C(F)(F)F)C(=O)Nc1cc(-c2c(-c3ccc(F)cc3)nc3cccnn23)ccn1. The summed E-state index contributed by atoms with van der Waals surface area (Å²) in [6.45, 7) is 2.05. The number of halogens is 4. The molecule has 1 N–H and O–H groups in total. The third kappa shape index (κ3) is 4.95. The second-order valence-electron chi connectivity index (χ2n) is 7.89. The van der Waals surface area contributed by atoms with E-state index in [0.717, 1.165) is 13.8 Å². The number of hydrogen-bond donors (Lipinski definition) is 1. The summed E-state index contributed by atoms with van der Waals surface area (Å²) < 4.78 is 57.0. The number of ether oxygens (including phenoxy) is 1. The van der Waals surface area contributed by atoms with E-state index in [-0.39, 0.29) is 5.82 Å². The van der Waals surface area contributed by atoms with Crippen LogP contribution in [0, 0.1) is 5.82 Å². The number of carbonyl (C=O) groups is 2. The minimum atomic E-state index is -5.25. The Morgan fingerprint density at radius 1 is 1.00 bits per heavy atom. The van der Waals surface area contributed by atoms with Gasteiger partial charge in [-0.25, -0.2) is 23.7 Å². The molecular weight excluding hydrogens is 470 g/mol. The van der Waals surface area contributed by atoms with Gasteiger partial charge >= 0.3 is 12.1 Å². The highest BCUT2D eigenvalue weighted by atomic mass is 19.4. The Bertz CT molecular complexity index is 1410. The maximum Gasteiger partial charge on any atom is 0.490 e. The van der Waals surface area contributed by atoms with Crippen LogP contribution in [0.2, 0.25) is 0 Å². The van der Waals surface area contributed by atoms with Gasteiger partial charge in [-0.05, 0) is 62.4 Å². The van der Waals surface area contributed by atoms with Crippen molar-refractivity contribution in [1.29, 1.82) is 0 Å². The van der Waals surface area contributed by atoms with Crippen molar-refractivity contribution in [3.05, 3.63) is 66.7 Å². The van der Waals surface area contributed by atoms with Crippen molar-refractivity contribution < 1.29 is 31.9 Å². The fourth-order valence-corrected chi connectivity index (χ4v) is 3.21. The highest BCUT2D eigenvalue weighted by Gasteiger charge is 2.46. The Hall–Kier alpha value is -4.35. The number of benzene rings is 1. The van der Waals surface area contributed by atoms with Crippen molar-refractivity contribution in [2.24, 2.45) is 0 Å². The molecular formula is C23H17F4N5O3. The molecule has 180 valence electrons. The highest BCUT2D eigenvalue weighted by Crippen LogP contribution is 2.33. The fraction of sp³-hybridized carbons (Fsp3) is 0.174. The van der Waals surface area contributed by atoms with Crippen LogP contribution in [0.1, 0.15) is 13.8 Å². The lowest BCUT2D eigenvalue weighted by molar-refractivity contribution is -0.211.